The van der Waals surface area contributed by atoms with Gasteiger partial charge in [-0.25, -0.2) is 4.98 Å². The molecule has 5 nitrogen and oxygen atoms in total. The number of morpholine rings is 1. The molecule has 0 spiro atoms. The van der Waals surface area contributed by atoms with Crippen LogP contribution in [0, 0.1) is 0 Å². The van der Waals surface area contributed by atoms with Gasteiger partial charge in [0.25, 0.3) is 0 Å². The van der Waals surface area contributed by atoms with Gasteiger partial charge in [0.05, 0.1) is 23.6 Å². The van der Waals surface area contributed by atoms with Crippen molar-refractivity contribution in [1.29, 1.82) is 0 Å². The highest BCUT2D eigenvalue weighted by molar-refractivity contribution is 9.10. The minimum absolute atomic E-state index is 0.0498. The Morgan fingerprint density at radius 3 is 3.29 bits per heavy atom. The number of halogens is 1. The number of carbonyl (C=O) groups excluding carboxylic acids is 1. The van der Waals surface area contributed by atoms with Gasteiger partial charge >= 0.3 is 0 Å². The molecule has 1 aliphatic rings. The van der Waals surface area contributed by atoms with Gasteiger partial charge < -0.3 is 15.4 Å². The summed E-state index contributed by atoms with van der Waals surface area (Å²) in [6.07, 6.45) is 1.93. The molecule has 2 N–H and O–H groups in total. The summed E-state index contributed by atoms with van der Waals surface area (Å²) in [5.41, 5.74) is 0. The summed E-state index contributed by atoms with van der Waals surface area (Å²) in [6.45, 7) is 2.23. The molecule has 2 rings (SSSR count). The molecule has 92 valence electrons. The van der Waals surface area contributed by atoms with E-state index >= 15 is 0 Å². The van der Waals surface area contributed by atoms with E-state index in [1.807, 2.05) is 6.07 Å². The van der Waals surface area contributed by atoms with E-state index < -0.39 is 0 Å². The largest absolute Gasteiger partial charge is 0.375 e. The first-order chi connectivity index (χ1) is 8.25. The van der Waals surface area contributed by atoms with Crippen LogP contribution >= 0.6 is 15.9 Å². The van der Waals surface area contributed by atoms with Crippen molar-refractivity contribution in [2.75, 3.05) is 25.0 Å². The lowest BCUT2D eigenvalue weighted by atomic mass is 10.2. The van der Waals surface area contributed by atoms with Crippen LogP contribution in [0.2, 0.25) is 0 Å². The van der Waals surface area contributed by atoms with Crippen molar-refractivity contribution >= 4 is 27.7 Å². The van der Waals surface area contributed by atoms with Crippen molar-refractivity contribution in [3.63, 3.8) is 0 Å². The molecule has 0 bridgehead atoms. The zero-order valence-electron chi connectivity index (χ0n) is 9.28. The quantitative estimate of drug-likeness (QED) is 0.879. The van der Waals surface area contributed by atoms with E-state index in [9.17, 15) is 4.79 Å². The number of rotatable bonds is 3. The zero-order valence-corrected chi connectivity index (χ0v) is 10.9. The van der Waals surface area contributed by atoms with Gasteiger partial charge in [-0.1, -0.05) is 0 Å². The number of hydrogen-bond acceptors (Lipinski definition) is 4. The van der Waals surface area contributed by atoms with Crippen molar-refractivity contribution in [3.05, 3.63) is 22.8 Å². The lowest BCUT2D eigenvalue weighted by molar-refractivity contribution is -0.119. The van der Waals surface area contributed by atoms with E-state index in [4.69, 9.17) is 4.74 Å². The highest BCUT2D eigenvalue weighted by Crippen LogP contribution is 2.18. The Kier molecular flexibility index (Phi) is 4.47. The normalized spacial score (nSPS) is 19.9. The molecule has 1 atom stereocenters. The first kappa shape index (κ1) is 12.5. The standard InChI is InChI=1S/C11H14BrN3O2/c12-9-2-1-3-14-11(9)15-10(16)6-8-7-13-4-5-17-8/h1-3,8,13H,4-7H2,(H,14,15,16). The number of pyridine rings is 1. The van der Waals surface area contributed by atoms with E-state index in [-0.39, 0.29) is 12.0 Å². The van der Waals surface area contributed by atoms with Crippen molar-refractivity contribution in [3.8, 4) is 0 Å². The van der Waals surface area contributed by atoms with Gasteiger partial charge in [-0.15, -0.1) is 0 Å². The molecule has 1 aromatic rings. The van der Waals surface area contributed by atoms with Gasteiger partial charge in [-0.05, 0) is 28.1 Å². The maximum Gasteiger partial charge on any atom is 0.228 e. The fraction of sp³-hybridized carbons (Fsp3) is 0.455. The maximum atomic E-state index is 11.8. The molecule has 1 fully saturated rings. The molecule has 17 heavy (non-hydrogen) atoms. The van der Waals surface area contributed by atoms with Crippen LogP contribution in [0.3, 0.4) is 0 Å². The number of ether oxygens (including phenoxy) is 1. The van der Waals surface area contributed by atoms with Crippen LogP contribution in [0.5, 0.6) is 0 Å². The lowest BCUT2D eigenvalue weighted by Crippen LogP contribution is -2.40. The van der Waals surface area contributed by atoms with Crippen molar-refractivity contribution < 1.29 is 9.53 Å². The maximum absolute atomic E-state index is 11.8. The van der Waals surface area contributed by atoms with Crippen LogP contribution in [0.4, 0.5) is 5.82 Å². The summed E-state index contributed by atoms with van der Waals surface area (Å²) in [4.78, 5) is 15.8. The van der Waals surface area contributed by atoms with Crippen LogP contribution in [0.1, 0.15) is 6.42 Å². The molecule has 0 saturated carbocycles. The second kappa shape index (κ2) is 6.09. The summed E-state index contributed by atoms with van der Waals surface area (Å²) < 4.78 is 6.24. The molecular formula is C11H14BrN3O2. The molecule has 2 heterocycles. The number of amides is 1. The third-order valence-corrected chi connectivity index (χ3v) is 3.07. The summed E-state index contributed by atoms with van der Waals surface area (Å²) in [7, 11) is 0. The number of nitrogens with one attached hydrogen (secondary N) is 2. The van der Waals surface area contributed by atoms with Crippen LogP contribution in [-0.2, 0) is 9.53 Å². The Morgan fingerprint density at radius 2 is 2.59 bits per heavy atom. The predicted octanol–water partition coefficient (Wildman–Crippen LogP) is 1.16. The van der Waals surface area contributed by atoms with Gasteiger partial charge in [0.2, 0.25) is 5.91 Å². The Balaban J connectivity index is 1.86. The smallest absolute Gasteiger partial charge is 0.228 e. The van der Waals surface area contributed by atoms with Gasteiger partial charge in [0.15, 0.2) is 0 Å². The van der Waals surface area contributed by atoms with Crippen LogP contribution in [0.15, 0.2) is 22.8 Å². The van der Waals surface area contributed by atoms with Crippen LogP contribution in [0.25, 0.3) is 0 Å². The van der Waals surface area contributed by atoms with Crippen molar-refractivity contribution in [2.24, 2.45) is 0 Å². The Hall–Kier alpha value is -0.980. The fourth-order valence-electron chi connectivity index (χ4n) is 1.62. The van der Waals surface area contributed by atoms with E-state index in [0.29, 0.717) is 18.8 Å². The number of anilines is 1. The summed E-state index contributed by atoms with van der Waals surface area (Å²) in [5, 5.41) is 5.94. The van der Waals surface area contributed by atoms with Crippen LogP contribution < -0.4 is 10.6 Å². The molecule has 0 radical (unpaired) electrons. The molecular weight excluding hydrogens is 286 g/mol. The van der Waals surface area contributed by atoms with Gasteiger partial charge in [-0.3, -0.25) is 4.79 Å². The minimum Gasteiger partial charge on any atom is -0.375 e. The van der Waals surface area contributed by atoms with Gasteiger partial charge in [0, 0.05) is 19.3 Å². The van der Waals surface area contributed by atoms with Gasteiger partial charge in [0.1, 0.15) is 5.82 Å². The van der Waals surface area contributed by atoms with Crippen molar-refractivity contribution in [1.82, 2.24) is 10.3 Å². The molecule has 1 amide bonds. The highest BCUT2D eigenvalue weighted by Gasteiger charge is 2.17. The van der Waals surface area contributed by atoms with Crippen LogP contribution in [-0.4, -0.2) is 36.7 Å². The highest BCUT2D eigenvalue weighted by atomic mass is 79.9. The third-order valence-electron chi connectivity index (χ3n) is 2.43. The average Bonchev–Trinajstić information content (AvgIpc) is 2.33. The molecule has 1 saturated heterocycles. The Labute approximate surface area is 108 Å². The third kappa shape index (κ3) is 3.76. The minimum atomic E-state index is -0.0851. The molecule has 1 aliphatic heterocycles. The monoisotopic (exact) mass is 299 g/mol. The lowest BCUT2D eigenvalue weighted by Gasteiger charge is -2.22. The number of nitrogens with zero attached hydrogens (tertiary/aromatic N) is 1. The average molecular weight is 300 g/mol. The van der Waals surface area contributed by atoms with Crippen molar-refractivity contribution in [2.45, 2.75) is 12.5 Å². The second-order valence-electron chi connectivity index (χ2n) is 3.78. The molecule has 1 unspecified atom stereocenters. The van der Waals surface area contributed by atoms with E-state index in [1.165, 1.54) is 0 Å². The number of carbonyl (C=O) groups is 1. The Bertz CT molecular complexity index is 394. The van der Waals surface area contributed by atoms with E-state index in [2.05, 4.69) is 31.5 Å². The van der Waals surface area contributed by atoms with Gasteiger partial charge in [-0.2, -0.15) is 0 Å². The first-order valence-electron chi connectivity index (χ1n) is 5.48. The molecule has 6 heteroatoms. The number of aromatic nitrogens is 1. The molecule has 1 aromatic heterocycles. The Morgan fingerprint density at radius 1 is 1.71 bits per heavy atom. The number of hydrogen-bond donors (Lipinski definition) is 2. The fourth-order valence-corrected chi connectivity index (χ4v) is 1.97. The predicted molar refractivity (Wildman–Crippen MR) is 67.8 cm³/mol. The first-order valence-corrected chi connectivity index (χ1v) is 6.27. The summed E-state index contributed by atoms with van der Waals surface area (Å²) >= 11 is 3.33. The topological polar surface area (TPSA) is 63.2 Å². The second-order valence-corrected chi connectivity index (χ2v) is 4.64. The zero-order chi connectivity index (χ0) is 12.1. The summed E-state index contributed by atoms with van der Waals surface area (Å²) in [5.74, 6) is 0.458. The summed E-state index contributed by atoms with van der Waals surface area (Å²) in [6, 6.07) is 3.63. The molecule has 0 aromatic carbocycles. The van der Waals surface area contributed by atoms with E-state index in [1.54, 1.807) is 12.3 Å². The SMILES string of the molecule is O=C(CC1CNCCO1)Nc1ncccc1Br. The molecule has 0 aliphatic carbocycles. The van der Waals surface area contributed by atoms with E-state index in [0.717, 1.165) is 17.6 Å².